The molecule has 8 heteroatoms. The third-order valence-corrected chi connectivity index (χ3v) is 7.86. The van der Waals surface area contributed by atoms with Crippen LogP contribution >= 0.6 is 0 Å². The van der Waals surface area contributed by atoms with Crippen molar-refractivity contribution in [2.45, 2.75) is 45.0 Å². The number of aromatic hydroxyl groups is 1. The second-order valence-electron chi connectivity index (χ2n) is 9.92. The van der Waals surface area contributed by atoms with Crippen LogP contribution in [0.15, 0.2) is 59.8 Å². The van der Waals surface area contributed by atoms with Gasteiger partial charge in [-0.1, -0.05) is 30.7 Å². The molecule has 5 rings (SSSR count). The number of imide groups is 1. The predicted molar refractivity (Wildman–Crippen MR) is 137 cm³/mol. The first-order valence-corrected chi connectivity index (χ1v) is 12.6. The summed E-state index contributed by atoms with van der Waals surface area (Å²) in [6.07, 6.45) is 6.43. The van der Waals surface area contributed by atoms with E-state index in [2.05, 4.69) is 18.0 Å². The average Bonchev–Trinajstić information content (AvgIpc) is 3.11. The number of rotatable bonds is 6. The number of carbonyl (C=O) groups is 2. The van der Waals surface area contributed by atoms with Gasteiger partial charge in [-0.2, -0.15) is 0 Å². The Hall–Kier alpha value is -3.23. The van der Waals surface area contributed by atoms with E-state index in [4.69, 9.17) is 4.65 Å². The first-order chi connectivity index (χ1) is 17.4. The fourth-order valence-corrected chi connectivity index (χ4v) is 6.15. The van der Waals surface area contributed by atoms with Crippen LogP contribution in [0.5, 0.6) is 5.75 Å². The lowest BCUT2D eigenvalue weighted by Crippen LogP contribution is -2.46. The molecule has 2 saturated heterocycles. The van der Waals surface area contributed by atoms with Gasteiger partial charge >= 0.3 is 7.12 Å². The maximum atomic E-state index is 13.0. The van der Waals surface area contributed by atoms with E-state index in [1.54, 1.807) is 25.4 Å². The number of carbonyl (C=O) groups excluding carboxylic acids is 2. The normalized spacial score (nSPS) is 26.4. The molecule has 0 radical (unpaired) electrons. The summed E-state index contributed by atoms with van der Waals surface area (Å²) in [4.78, 5) is 31.6. The molecular formula is C28H31BN2O5. The lowest BCUT2D eigenvalue weighted by Gasteiger charge is -2.43. The summed E-state index contributed by atoms with van der Waals surface area (Å²) < 4.78 is 6.08. The zero-order valence-electron chi connectivity index (χ0n) is 20.6. The number of hydrogen-bond acceptors (Lipinski definition) is 6. The van der Waals surface area contributed by atoms with Gasteiger partial charge in [-0.05, 0) is 85.0 Å². The van der Waals surface area contributed by atoms with Crippen molar-refractivity contribution in [1.82, 2.24) is 9.88 Å². The highest BCUT2D eigenvalue weighted by Crippen LogP contribution is 2.51. The van der Waals surface area contributed by atoms with Gasteiger partial charge < -0.3 is 14.8 Å². The predicted octanol–water partition coefficient (Wildman–Crippen LogP) is 3.94. The summed E-state index contributed by atoms with van der Waals surface area (Å²) in [5.41, 5.74) is 5.09. The number of phenolic OH excluding ortho intramolecular Hbond substituents is 1. The molecule has 2 amide bonds. The number of amides is 2. The Labute approximate surface area is 211 Å². The van der Waals surface area contributed by atoms with Crippen molar-refractivity contribution >= 4 is 30.6 Å². The average molecular weight is 486 g/mol. The molecule has 1 aromatic heterocycles. The van der Waals surface area contributed by atoms with Crippen molar-refractivity contribution in [2.24, 2.45) is 17.8 Å². The highest BCUT2D eigenvalue weighted by Gasteiger charge is 2.56. The summed E-state index contributed by atoms with van der Waals surface area (Å²) >= 11 is 0. The van der Waals surface area contributed by atoms with Gasteiger partial charge in [0.25, 0.3) is 0 Å². The minimum Gasteiger partial charge on any atom is -0.508 e. The maximum absolute atomic E-state index is 13.0. The van der Waals surface area contributed by atoms with Crippen molar-refractivity contribution in [1.29, 1.82) is 0 Å². The number of nitrogens with zero attached hydrogens (tertiary/aromatic N) is 2. The molecule has 186 valence electrons. The Morgan fingerprint density at radius 1 is 1.17 bits per heavy atom. The molecule has 2 aliphatic heterocycles. The largest absolute Gasteiger partial charge is 0.508 e. The third kappa shape index (κ3) is 4.51. The molecule has 3 aliphatic rings. The second kappa shape index (κ2) is 10.0. The number of fused-ring (bicyclic) bond motifs is 3. The summed E-state index contributed by atoms with van der Waals surface area (Å²) in [5, 5.41) is 20.3. The van der Waals surface area contributed by atoms with Crippen LogP contribution < -0.4 is 0 Å². The van der Waals surface area contributed by atoms with E-state index in [0.717, 1.165) is 28.8 Å². The lowest BCUT2D eigenvalue weighted by molar-refractivity contribution is -0.138. The molecule has 1 aliphatic carbocycles. The highest BCUT2D eigenvalue weighted by atomic mass is 16.5. The van der Waals surface area contributed by atoms with Crippen molar-refractivity contribution < 1.29 is 24.4 Å². The first-order valence-electron chi connectivity index (χ1n) is 12.6. The SMILES string of the molecule is CCC1=C2[C@@H](CC/C(=C/c3ccc(O)cc3)c3ccccn3)OB(O)C[C@@H]2[C@@H]2C(=O)N(C)C(=O)[C@@H]2C1. The van der Waals surface area contributed by atoms with E-state index >= 15 is 0 Å². The van der Waals surface area contributed by atoms with Gasteiger partial charge in [-0.15, -0.1) is 0 Å². The van der Waals surface area contributed by atoms with Gasteiger partial charge in [0.05, 0.1) is 23.6 Å². The molecule has 2 N–H and O–H groups in total. The fourth-order valence-electron chi connectivity index (χ4n) is 6.15. The Bertz CT molecular complexity index is 1210. The molecule has 2 aromatic rings. The highest BCUT2D eigenvalue weighted by molar-refractivity contribution is 6.43. The minimum absolute atomic E-state index is 0.109. The smallest absolute Gasteiger partial charge is 0.455 e. The molecular weight excluding hydrogens is 455 g/mol. The lowest BCUT2D eigenvalue weighted by atomic mass is 9.58. The standard InChI is InChI=1S/C28H31BN2O5/c1-3-18-15-21-26(28(34)31(2)27(21)33)22-16-29(35)36-24(25(18)22)12-9-19(23-6-4-5-13-30-23)14-17-7-10-20(32)11-8-17/h4-8,10-11,13-14,21-22,24,26,32,35H,3,9,12,15-16H2,1-2H3/b19-14-/t21-,22+,24-,26-/m1/s1. The zero-order chi connectivity index (χ0) is 25.4. The van der Waals surface area contributed by atoms with E-state index < -0.39 is 13.0 Å². The van der Waals surface area contributed by atoms with Crippen LogP contribution in [0, 0.1) is 17.8 Å². The molecule has 0 spiro atoms. The van der Waals surface area contributed by atoms with E-state index in [1.165, 1.54) is 10.5 Å². The Kier molecular flexibility index (Phi) is 6.82. The summed E-state index contributed by atoms with van der Waals surface area (Å²) in [7, 11) is 0.586. The fraction of sp³-hybridized carbons (Fsp3) is 0.393. The molecule has 36 heavy (non-hydrogen) atoms. The van der Waals surface area contributed by atoms with Gasteiger partial charge in [0.1, 0.15) is 5.75 Å². The zero-order valence-corrected chi connectivity index (χ0v) is 20.6. The van der Waals surface area contributed by atoms with Gasteiger partial charge in [-0.25, -0.2) is 0 Å². The maximum Gasteiger partial charge on any atom is 0.455 e. The van der Waals surface area contributed by atoms with Crippen LogP contribution in [0.2, 0.25) is 6.32 Å². The molecule has 7 nitrogen and oxygen atoms in total. The van der Waals surface area contributed by atoms with Crippen LogP contribution in [0.25, 0.3) is 11.6 Å². The van der Waals surface area contributed by atoms with Crippen LogP contribution in [0.4, 0.5) is 0 Å². The Morgan fingerprint density at radius 2 is 1.94 bits per heavy atom. The van der Waals surface area contributed by atoms with Crippen molar-refractivity contribution in [2.75, 3.05) is 7.05 Å². The number of aromatic nitrogens is 1. The number of benzene rings is 1. The number of phenols is 1. The van der Waals surface area contributed by atoms with Crippen molar-refractivity contribution in [3.8, 4) is 5.75 Å². The number of pyridine rings is 1. The number of likely N-dealkylation sites (tertiary alicyclic amines) is 1. The van der Waals surface area contributed by atoms with Crippen molar-refractivity contribution in [3.63, 3.8) is 0 Å². The monoisotopic (exact) mass is 486 g/mol. The van der Waals surface area contributed by atoms with E-state index in [9.17, 15) is 19.7 Å². The van der Waals surface area contributed by atoms with Crippen molar-refractivity contribution in [3.05, 3.63) is 71.1 Å². The van der Waals surface area contributed by atoms with Crippen LogP contribution in [-0.4, -0.2) is 52.1 Å². The van der Waals surface area contributed by atoms with Gasteiger partial charge in [0.2, 0.25) is 11.8 Å². The summed E-state index contributed by atoms with van der Waals surface area (Å²) in [5.74, 6) is -0.985. The second-order valence-corrected chi connectivity index (χ2v) is 9.92. The molecule has 0 bridgehead atoms. The Morgan fingerprint density at radius 3 is 2.64 bits per heavy atom. The summed E-state index contributed by atoms with van der Waals surface area (Å²) in [6.45, 7) is 2.08. The van der Waals surface area contributed by atoms with Crippen LogP contribution in [0.3, 0.4) is 0 Å². The molecule has 4 atom stereocenters. The van der Waals surface area contributed by atoms with E-state index in [1.807, 2.05) is 30.3 Å². The quantitative estimate of drug-likeness (QED) is 0.365. The van der Waals surface area contributed by atoms with Gasteiger partial charge in [-0.3, -0.25) is 19.5 Å². The van der Waals surface area contributed by atoms with Gasteiger partial charge in [0, 0.05) is 13.2 Å². The minimum atomic E-state index is -0.978. The summed E-state index contributed by atoms with van der Waals surface area (Å²) in [6, 6.07) is 12.8. The van der Waals surface area contributed by atoms with Crippen LogP contribution in [0.1, 0.15) is 43.9 Å². The molecule has 0 unspecified atom stereocenters. The number of allylic oxidation sites excluding steroid dienone is 2. The first kappa shape index (κ1) is 24.5. The third-order valence-electron chi connectivity index (χ3n) is 7.86. The van der Waals surface area contributed by atoms with E-state index in [0.29, 0.717) is 25.6 Å². The molecule has 3 heterocycles. The molecule has 1 aromatic carbocycles. The Balaban J connectivity index is 1.46. The number of hydrogen-bond donors (Lipinski definition) is 2. The molecule has 2 fully saturated rings. The topological polar surface area (TPSA) is 100.0 Å². The molecule has 0 saturated carbocycles. The van der Waals surface area contributed by atoms with E-state index in [-0.39, 0.29) is 35.5 Å². The van der Waals surface area contributed by atoms with Crippen LogP contribution in [-0.2, 0) is 14.2 Å². The van der Waals surface area contributed by atoms with Gasteiger partial charge in [0.15, 0.2) is 0 Å².